The summed E-state index contributed by atoms with van der Waals surface area (Å²) in [6, 6.07) is 15.0. The van der Waals surface area contributed by atoms with Crippen LogP contribution < -0.4 is 16.0 Å². The highest BCUT2D eigenvalue weighted by Gasteiger charge is 2.28. The first-order valence-electron chi connectivity index (χ1n) is 12.9. The van der Waals surface area contributed by atoms with Gasteiger partial charge in [-0.15, -0.1) is 11.3 Å². The summed E-state index contributed by atoms with van der Waals surface area (Å²) in [5.74, 6) is -0.975. The van der Waals surface area contributed by atoms with E-state index in [1.165, 1.54) is 11.3 Å². The number of nitrogens with zero attached hydrogens (tertiary/aromatic N) is 1. The second-order valence-electron chi connectivity index (χ2n) is 10.3. The lowest BCUT2D eigenvalue weighted by molar-refractivity contribution is -0.124. The molecule has 0 radical (unpaired) electrons. The predicted octanol–water partition coefficient (Wildman–Crippen LogP) is 4.50. The van der Waals surface area contributed by atoms with Gasteiger partial charge in [-0.2, -0.15) is 8.42 Å². The smallest absolute Gasteiger partial charge is 0.408 e. The zero-order valence-electron chi connectivity index (χ0n) is 23.0. The normalized spacial score (nSPS) is 13.2. The van der Waals surface area contributed by atoms with Crippen LogP contribution in [-0.4, -0.2) is 47.5 Å². The van der Waals surface area contributed by atoms with Crippen molar-refractivity contribution in [3.05, 3.63) is 81.8 Å². The van der Waals surface area contributed by atoms with Gasteiger partial charge in [0.25, 0.3) is 10.1 Å². The van der Waals surface area contributed by atoms with Crippen molar-refractivity contribution in [3.8, 4) is 0 Å². The van der Waals surface area contributed by atoms with Gasteiger partial charge >= 0.3 is 6.09 Å². The number of aryl methyl sites for hydroxylation is 1. The fourth-order valence-corrected chi connectivity index (χ4v) is 5.10. The van der Waals surface area contributed by atoms with E-state index in [-0.39, 0.29) is 12.3 Å². The topological polar surface area (TPSA) is 147 Å². The van der Waals surface area contributed by atoms with Crippen LogP contribution in [0.25, 0.3) is 0 Å². The van der Waals surface area contributed by atoms with Gasteiger partial charge < -0.3 is 20.7 Å². The van der Waals surface area contributed by atoms with Crippen LogP contribution in [0.3, 0.4) is 0 Å². The largest absolute Gasteiger partial charge is 0.444 e. The Bertz CT molecular complexity index is 1370. The van der Waals surface area contributed by atoms with Gasteiger partial charge in [-0.25, -0.2) is 9.78 Å². The Labute approximate surface area is 239 Å². The quantitative estimate of drug-likeness (QED) is 0.226. The Morgan fingerprint density at radius 3 is 2.23 bits per heavy atom. The molecular weight excluding hydrogens is 552 g/mol. The van der Waals surface area contributed by atoms with E-state index in [1.807, 2.05) is 42.6 Å². The number of hydrogen-bond acceptors (Lipinski definition) is 8. The van der Waals surface area contributed by atoms with Gasteiger partial charge in [-0.05, 0) is 56.9 Å². The van der Waals surface area contributed by atoms with Crippen molar-refractivity contribution in [1.82, 2.24) is 15.6 Å². The maximum atomic E-state index is 13.6. The second-order valence-corrected chi connectivity index (χ2v) is 12.6. The minimum Gasteiger partial charge on any atom is -0.444 e. The first-order valence-corrected chi connectivity index (χ1v) is 15.4. The maximum Gasteiger partial charge on any atom is 0.408 e. The van der Waals surface area contributed by atoms with Crippen molar-refractivity contribution in [3.63, 3.8) is 0 Å². The van der Waals surface area contributed by atoms with Crippen LogP contribution in [0.1, 0.15) is 55.6 Å². The molecule has 4 N–H and O–H groups in total. The summed E-state index contributed by atoms with van der Waals surface area (Å²) in [5, 5.41) is 11.1. The molecular formula is C28H36N4O6S2. The molecule has 0 unspecified atom stereocenters. The van der Waals surface area contributed by atoms with Crippen LogP contribution in [0.2, 0.25) is 0 Å². The number of alkyl carbamates (subject to hydrolysis) is 1. The molecule has 0 aliphatic heterocycles. The molecule has 2 atom stereocenters. The number of aromatic nitrogens is 1. The van der Waals surface area contributed by atoms with Gasteiger partial charge in [-0.1, -0.05) is 49.4 Å². The molecule has 2 amide bonds. The third-order valence-electron chi connectivity index (χ3n) is 5.69. The van der Waals surface area contributed by atoms with Gasteiger partial charge in [0.2, 0.25) is 5.91 Å². The number of ether oxygens (including phenoxy) is 1. The average molecular weight is 589 g/mol. The number of carbonyl (C=O) groups excluding carboxylic acids is 2. The van der Waals surface area contributed by atoms with Crippen molar-refractivity contribution < 1.29 is 27.3 Å². The van der Waals surface area contributed by atoms with Crippen LogP contribution >= 0.6 is 11.3 Å². The summed E-state index contributed by atoms with van der Waals surface area (Å²) < 4.78 is 36.4. The molecule has 0 bridgehead atoms. The third-order valence-corrected chi connectivity index (χ3v) is 7.21. The SMILES string of the molecule is CCc1csc([C@H](Cc2ccc(NCS(=O)(=O)O)cc2)NC(=O)[C@@H](Cc2ccccc2)NC(=O)OC(C)(C)C)n1. The number of amides is 2. The lowest BCUT2D eigenvalue weighted by Gasteiger charge is -2.25. The highest BCUT2D eigenvalue weighted by Crippen LogP contribution is 2.24. The summed E-state index contributed by atoms with van der Waals surface area (Å²) in [6.07, 6.45) is 0.744. The first kappa shape index (κ1) is 31.1. The van der Waals surface area contributed by atoms with Crippen LogP contribution in [0.4, 0.5) is 10.5 Å². The zero-order valence-corrected chi connectivity index (χ0v) is 24.6. The molecule has 0 aliphatic rings. The number of benzene rings is 2. The molecule has 216 valence electrons. The molecule has 2 aromatic carbocycles. The highest BCUT2D eigenvalue weighted by atomic mass is 32.2. The number of hydrogen-bond donors (Lipinski definition) is 4. The third kappa shape index (κ3) is 10.6. The lowest BCUT2D eigenvalue weighted by Crippen LogP contribution is -2.50. The highest BCUT2D eigenvalue weighted by molar-refractivity contribution is 7.85. The Morgan fingerprint density at radius 1 is 1.00 bits per heavy atom. The monoisotopic (exact) mass is 588 g/mol. The fourth-order valence-electron chi connectivity index (χ4n) is 3.80. The van der Waals surface area contributed by atoms with Gasteiger partial charge in [0.15, 0.2) is 0 Å². The minimum atomic E-state index is -4.16. The van der Waals surface area contributed by atoms with Gasteiger partial charge in [0.1, 0.15) is 22.5 Å². The van der Waals surface area contributed by atoms with Crippen LogP contribution in [0, 0.1) is 0 Å². The molecule has 12 heteroatoms. The Morgan fingerprint density at radius 2 is 1.65 bits per heavy atom. The van der Waals surface area contributed by atoms with E-state index in [4.69, 9.17) is 9.29 Å². The molecule has 3 rings (SSSR count). The molecule has 1 aromatic heterocycles. The zero-order chi connectivity index (χ0) is 29.3. The summed E-state index contributed by atoms with van der Waals surface area (Å²) >= 11 is 1.45. The molecule has 10 nitrogen and oxygen atoms in total. The van der Waals surface area contributed by atoms with Gasteiger partial charge in [0, 0.05) is 17.5 Å². The van der Waals surface area contributed by atoms with Crippen molar-refractivity contribution in [2.45, 2.75) is 64.6 Å². The summed E-state index contributed by atoms with van der Waals surface area (Å²) in [7, 11) is -4.16. The van der Waals surface area contributed by atoms with E-state index in [0.29, 0.717) is 12.1 Å². The van der Waals surface area contributed by atoms with Crippen molar-refractivity contribution in [2.75, 3.05) is 11.2 Å². The number of anilines is 1. The molecule has 3 aromatic rings. The Hall–Kier alpha value is -3.48. The Balaban J connectivity index is 1.81. The summed E-state index contributed by atoms with van der Waals surface area (Å²) in [4.78, 5) is 30.9. The number of carbonyl (C=O) groups is 2. The maximum absolute atomic E-state index is 13.6. The first-order chi connectivity index (χ1) is 18.8. The van der Waals surface area contributed by atoms with E-state index in [0.717, 1.165) is 28.2 Å². The van der Waals surface area contributed by atoms with Crippen LogP contribution in [0.5, 0.6) is 0 Å². The van der Waals surface area contributed by atoms with Gasteiger partial charge in [0.05, 0.1) is 11.7 Å². The average Bonchev–Trinajstić information content (AvgIpc) is 3.36. The molecule has 0 fully saturated rings. The van der Waals surface area contributed by atoms with E-state index >= 15 is 0 Å². The second kappa shape index (κ2) is 13.7. The van der Waals surface area contributed by atoms with Crippen molar-refractivity contribution >= 4 is 39.1 Å². The van der Waals surface area contributed by atoms with E-state index in [2.05, 4.69) is 20.9 Å². The Kier molecular flexibility index (Phi) is 10.7. The number of thiazole rings is 1. The van der Waals surface area contributed by atoms with Crippen molar-refractivity contribution in [2.24, 2.45) is 0 Å². The molecule has 40 heavy (non-hydrogen) atoms. The lowest BCUT2D eigenvalue weighted by atomic mass is 10.0. The van der Waals surface area contributed by atoms with Gasteiger partial charge in [-0.3, -0.25) is 9.35 Å². The van der Waals surface area contributed by atoms with E-state index in [9.17, 15) is 18.0 Å². The van der Waals surface area contributed by atoms with E-state index in [1.54, 1.807) is 45.0 Å². The summed E-state index contributed by atoms with van der Waals surface area (Å²) in [5.41, 5.74) is 2.47. The van der Waals surface area contributed by atoms with Crippen LogP contribution in [-0.2, 0) is 38.9 Å². The molecule has 1 heterocycles. The molecule has 0 saturated carbocycles. The van der Waals surface area contributed by atoms with Crippen molar-refractivity contribution in [1.29, 1.82) is 0 Å². The summed E-state index contributed by atoms with van der Waals surface area (Å²) in [6.45, 7) is 7.27. The minimum absolute atomic E-state index is 0.269. The van der Waals surface area contributed by atoms with Crippen LogP contribution in [0.15, 0.2) is 60.0 Å². The molecule has 0 aliphatic carbocycles. The number of rotatable bonds is 12. The van der Waals surface area contributed by atoms with E-state index < -0.39 is 39.8 Å². The standard InChI is InChI=1S/C28H36N4O6S2/c1-5-21-17-39-26(30-21)24(16-20-11-13-22(14-12-20)29-18-40(35,36)37)31-25(33)23(15-19-9-7-6-8-10-19)32-27(34)38-28(2,3)4/h6-14,17,23-24,29H,5,15-16,18H2,1-4H3,(H,31,33)(H,32,34)(H,35,36,37)/t23-,24+/m1/s1. The fraction of sp³-hybridized carbons (Fsp3) is 0.393. The molecule has 0 spiro atoms. The number of nitrogens with one attached hydrogen (secondary N) is 3. The molecule has 0 saturated heterocycles. The predicted molar refractivity (Wildman–Crippen MR) is 156 cm³/mol.